The Morgan fingerprint density at radius 3 is 2.40 bits per heavy atom. The highest BCUT2D eigenvalue weighted by Crippen LogP contribution is 2.27. The molecular weight excluding hydrogens is 266 g/mol. The zero-order chi connectivity index (χ0) is 14.7. The SMILES string of the molecule is COC(=O)c1ccc(Nc2c(F)cccc2F)c(N)c1. The number of ether oxygens (including phenoxy) is 1. The number of nitrogens with two attached hydrogens (primary N) is 1. The molecule has 20 heavy (non-hydrogen) atoms. The normalized spacial score (nSPS) is 10.2. The Kier molecular flexibility index (Phi) is 3.84. The Labute approximate surface area is 114 Å². The third kappa shape index (κ3) is 2.69. The van der Waals surface area contributed by atoms with Crippen molar-refractivity contribution in [1.82, 2.24) is 0 Å². The van der Waals surface area contributed by atoms with Crippen LogP contribution in [-0.2, 0) is 4.74 Å². The number of nitrogens with one attached hydrogen (secondary N) is 1. The number of hydrogen-bond acceptors (Lipinski definition) is 4. The molecule has 4 nitrogen and oxygen atoms in total. The first kappa shape index (κ1) is 13.8. The number of methoxy groups -OCH3 is 1. The third-order valence-corrected chi connectivity index (χ3v) is 2.70. The molecule has 0 atom stereocenters. The lowest BCUT2D eigenvalue weighted by atomic mass is 10.1. The fraction of sp³-hybridized carbons (Fsp3) is 0.0714. The topological polar surface area (TPSA) is 64.3 Å². The first-order valence-electron chi connectivity index (χ1n) is 5.72. The van der Waals surface area contributed by atoms with Crippen molar-refractivity contribution in [2.24, 2.45) is 0 Å². The van der Waals surface area contributed by atoms with Crippen LogP contribution in [0, 0.1) is 11.6 Å². The van der Waals surface area contributed by atoms with E-state index in [9.17, 15) is 13.6 Å². The number of nitrogen functional groups attached to an aromatic ring is 1. The van der Waals surface area contributed by atoms with Crippen LogP contribution in [0.4, 0.5) is 25.8 Å². The van der Waals surface area contributed by atoms with Gasteiger partial charge in [-0.25, -0.2) is 13.6 Å². The Bertz CT molecular complexity index is 639. The quantitative estimate of drug-likeness (QED) is 0.669. The van der Waals surface area contributed by atoms with Gasteiger partial charge in [0.15, 0.2) is 0 Å². The first-order chi connectivity index (χ1) is 9.52. The average Bonchev–Trinajstić information content (AvgIpc) is 2.43. The van der Waals surface area contributed by atoms with E-state index in [1.807, 2.05) is 0 Å². The minimum absolute atomic E-state index is 0.176. The van der Waals surface area contributed by atoms with Gasteiger partial charge in [0, 0.05) is 0 Å². The highest BCUT2D eigenvalue weighted by atomic mass is 19.1. The van der Waals surface area contributed by atoms with Crippen LogP contribution in [0.2, 0.25) is 0 Å². The predicted octanol–water partition coefficient (Wildman–Crippen LogP) is 3.08. The molecule has 3 N–H and O–H groups in total. The van der Waals surface area contributed by atoms with Gasteiger partial charge < -0.3 is 15.8 Å². The molecule has 2 aromatic rings. The number of halogens is 2. The molecule has 0 saturated carbocycles. The second-order valence-electron chi connectivity index (χ2n) is 4.02. The largest absolute Gasteiger partial charge is 0.465 e. The minimum atomic E-state index is -0.735. The zero-order valence-corrected chi connectivity index (χ0v) is 10.6. The van der Waals surface area contributed by atoms with E-state index in [0.717, 1.165) is 12.1 Å². The van der Waals surface area contributed by atoms with Crippen LogP contribution >= 0.6 is 0 Å². The monoisotopic (exact) mass is 278 g/mol. The summed E-state index contributed by atoms with van der Waals surface area (Å²) in [6.45, 7) is 0. The molecule has 2 aromatic carbocycles. The number of hydrogen-bond donors (Lipinski definition) is 2. The predicted molar refractivity (Wildman–Crippen MR) is 71.8 cm³/mol. The van der Waals surface area contributed by atoms with E-state index in [4.69, 9.17) is 5.73 Å². The van der Waals surface area contributed by atoms with Crippen molar-refractivity contribution in [2.75, 3.05) is 18.2 Å². The molecule has 0 heterocycles. The van der Waals surface area contributed by atoms with Crippen LogP contribution in [0.3, 0.4) is 0 Å². The summed E-state index contributed by atoms with van der Waals surface area (Å²) in [6, 6.07) is 7.79. The standard InChI is InChI=1S/C14H12F2N2O2/c1-20-14(19)8-5-6-12(11(17)7-8)18-13-9(15)3-2-4-10(13)16/h2-7,18H,17H2,1H3. The fourth-order valence-electron chi connectivity index (χ4n) is 1.67. The first-order valence-corrected chi connectivity index (χ1v) is 5.72. The number of benzene rings is 2. The molecular formula is C14H12F2N2O2. The molecule has 0 spiro atoms. The van der Waals surface area contributed by atoms with E-state index in [0.29, 0.717) is 5.69 Å². The molecule has 0 radical (unpaired) electrons. The molecule has 0 aromatic heterocycles. The Balaban J connectivity index is 2.33. The number of carbonyl (C=O) groups excluding carboxylic acids is 1. The summed E-state index contributed by atoms with van der Waals surface area (Å²) >= 11 is 0. The van der Waals surface area contributed by atoms with E-state index in [-0.39, 0.29) is 16.9 Å². The summed E-state index contributed by atoms with van der Waals surface area (Å²) in [7, 11) is 1.25. The molecule has 0 aliphatic carbocycles. The van der Waals surface area contributed by atoms with Crippen LogP contribution in [0.5, 0.6) is 0 Å². The van der Waals surface area contributed by atoms with Gasteiger partial charge in [0.25, 0.3) is 0 Å². The number of para-hydroxylation sites is 1. The minimum Gasteiger partial charge on any atom is -0.465 e. The molecule has 0 aliphatic heterocycles. The van der Waals surface area contributed by atoms with Gasteiger partial charge in [-0.3, -0.25) is 0 Å². The van der Waals surface area contributed by atoms with Gasteiger partial charge in [0.1, 0.15) is 17.3 Å². The second kappa shape index (κ2) is 5.56. The van der Waals surface area contributed by atoms with E-state index in [1.165, 1.54) is 31.4 Å². The van der Waals surface area contributed by atoms with Gasteiger partial charge in [0.05, 0.1) is 24.0 Å². The van der Waals surface area contributed by atoms with Crippen molar-refractivity contribution in [3.63, 3.8) is 0 Å². The summed E-state index contributed by atoms with van der Waals surface area (Å²) in [4.78, 5) is 11.3. The molecule has 0 fully saturated rings. The van der Waals surface area contributed by atoms with Gasteiger partial charge in [-0.2, -0.15) is 0 Å². The number of anilines is 3. The lowest BCUT2D eigenvalue weighted by molar-refractivity contribution is 0.0601. The van der Waals surface area contributed by atoms with Crippen LogP contribution in [0.1, 0.15) is 10.4 Å². The van der Waals surface area contributed by atoms with Crippen molar-refractivity contribution in [1.29, 1.82) is 0 Å². The molecule has 0 saturated heterocycles. The van der Waals surface area contributed by atoms with Crippen LogP contribution in [0.15, 0.2) is 36.4 Å². The smallest absolute Gasteiger partial charge is 0.337 e. The van der Waals surface area contributed by atoms with Crippen molar-refractivity contribution in [3.8, 4) is 0 Å². The molecule has 0 aliphatic rings. The molecule has 0 amide bonds. The lowest BCUT2D eigenvalue weighted by Crippen LogP contribution is -2.05. The fourth-order valence-corrected chi connectivity index (χ4v) is 1.67. The van der Waals surface area contributed by atoms with Crippen LogP contribution < -0.4 is 11.1 Å². The van der Waals surface area contributed by atoms with E-state index in [2.05, 4.69) is 10.1 Å². The van der Waals surface area contributed by atoms with Crippen LogP contribution in [-0.4, -0.2) is 13.1 Å². The lowest BCUT2D eigenvalue weighted by Gasteiger charge is -2.11. The summed E-state index contributed by atoms with van der Waals surface area (Å²) < 4.78 is 31.6. The van der Waals surface area contributed by atoms with Crippen molar-refractivity contribution in [2.45, 2.75) is 0 Å². The second-order valence-corrected chi connectivity index (χ2v) is 4.02. The maximum absolute atomic E-state index is 13.5. The Hall–Kier alpha value is -2.63. The van der Waals surface area contributed by atoms with Gasteiger partial charge in [-0.05, 0) is 30.3 Å². The zero-order valence-electron chi connectivity index (χ0n) is 10.6. The highest BCUT2D eigenvalue weighted by Gasteiger charge is 2.12. The van der Waals surface area contributed by atoms with E-state index in [1.54, 1.807) is 0 Å². The van der Waals surface area contributed by atoms with Crippen molar-refractivity contribution < 1.29 is 18.3 Å². The summed E-state index contributed by atoms with van der Waals surface area (Å²) in [6.07, 6.45) is 0. The Morgan fingerprint density at radius 1 is 1.20 bits per heavy atom. The summed E-state index contributed by atoms with van der Waals surface area (Å²) in [5, 5.41) is 2.57. The van der Waals surface area contributed by atoms with E-state index < -0.39 is 17.6 Å². The molecule has 104 valence electrons. The van der Waals surface area contributed by atoms with Gasteiger partial charge >= 0.3 is 5.97 Å². The van der Waals surface area contributed by atoms with Gasteiger partial charge in [-0.15, -0.1) is 0 Å². The number of rotatable bonds is 3. The van der Waals surface area contributed by atoms with Gasteiger partial charge in [-0.1, -0.05) is 6.07 Å². The molecule has 6 heteroatoms. The van der Waals surface area contributed by atoms with Crippen molar-refractivity contribution >= 4 is 23.0 Å². The number of carbonyl (C=O) groups is 1. The highest BCUT2D eigenvalue weighted by molar-refractivity contribution is 5.92. The summed E-state index contributed by atoms with van der Waals surface area (Å²) in [5.74, 6) is -2.01. The van der Waals surface area contributed by atoms with Gasteiger partial charge in [0.2, 0.25) is 0 Å². The maximum Gasteiger partial charge on any atom is 0.337 e. The third-order valence-electron chi connectivity index (χ3n) is 2.70. The van der Waals surface area contributed by atoms with Crippen molar-refractivity contribution in [3.05, 3.63) is 53.6 Å². The van der Waals surface area contributed by atoms with Crippen LogP contribution in [0.25, 0.3) is 0 Å². The molecule has 2 rings (SSSR count). The number of esters is 1. The summed E-state index contributed by atoms with van der Waals surface area (Å²) in [5.41, 5.74) is 6.17. The molecule has 0 unspecified atom stereocenters. The Morgan fingerprint density at radius 2 is 1.85 bits per heavy atom. The van der Waals surface area contributed by atoms with E-state index >= 15 is 0 Å². The maximum atomic E-state index is 13.5. The average molecular weight is 278 g/mol. The molecule has 0 bridgehead atoms.